The molecule has 0 saturated heterocycles. The van der Waals surface area contributed by atoms with Crippen LogP contribution < -0.4 is 5.32 Å². The Morgan fingerprint density at radius 2 is 1.62 bits per heavy atom. The zero-order valence-corrected chi connectivity index (χ0v) is 8.89. The number of nitrogens with one attached hydrogen (secondary N) is 1. The summed E-state index contributed by atoms with van der Waals surface area (Å²) in [4.78, 5) is 0. The van der Waals surface area contributed by atoms with E-state index in [1.807, 2.05) is 0 Å². The van der Waals surface area contributed by atoms with Gasteiger partial charge < -0.3 is 5.32 Å². The van der Waals surface area contributed by atoms with Gasteiger partial charge in [-0.1, -0.05) is 26.2 Å². The van der Waals surface area contributed by atoms with Gasteiger partial charge in [-0.05, 0) is 38.0 Å². The van der Waals surface area contributed by atoms with Crippen molar-refractivity contribution in [2.24, 2.45) is 5.92 Å². The van der Waals surface area contributed by atoms with Gasteiger partial charge in [0.15, 0.2) is 0 Å². The number of rotatable bonds is 2. The van der Waals surface area contributed by atoms with E-state index in [1.165, 1.54) is 51.4 Å². The molecule has 2 saturated carbocycles. The molecule has 0 aromatic rings. The minimum Gasteiger partial charge on any atom is -0.311 e. The van der Waals surface area contributed by atoms with Gasteiger partial charge in [0.1, 0.15) is 0 Å². The molecule has 2 aliphatic rings. The third-order valence-electron chi connectivity index (χ3n) is 3.77. The Labute approximate surface area is 82.3 Å². The second kappa shape index (κ2) is 4.45. The zero-order valence-electron chi connectivity index (χ0n) is 8.89. The molecule has 2 atom stereocenters. The Balaban J connectivity index is 1.71. The van der Waals surface area contributed by atoms with Crippen molar-refractivity contribution in [1.29, 1.82) is 0 Å². The first-order chi connectivity index (χ1) is 6.34. The van der Waals surface area contributed by atoms with Crippen LogP contribution in [0.5, 0.6) is 0 Å². The van der Waals surface area contributed by atoms with Crippen molar-refractivity contribution in [2.75, 3.05) is 0 Å². The van der Waals surface area contributed by atoms with Crippen LogP contribution in [0.15, 0.2) is 0 Å². The number of hydrogen-bond acceptors (Lipinski definition) is 1. The van der Waals surface area contributed by atoms with Gasteiger partial charge in [-0.3, -0.25) is 0 Å². The molecule has 13 heavy (non-hydrogen) atoms. The summed E-state index contributed by atoms with van der Waals surface area (Å²) in [7, 11) is 0. The summed E-state index contributed by atoms with van der Waals surface area (Å²) in [5.74, 6) is 0.973. The molecule has 0 heterocycles. The predicted octanol–water partition coefficient (Wildman–Crippen LogP) is 3.10. The largest absolute Gasteiger partial charge is 0.311 e. The Hall–Kier alpha value is -0.0400. The van der Waals surface area contributed by atoms with E-state index in [1.54, 1.807) is 0 Å². The molecule has 76 valence electrons. The molecule has 1 heteroatoms. The molecule has 0 aromatic carbocycles. The summed E-state index contributed by atoms with van der Waals surface area (Å²) >= 11 is 0. The molecule has 0 radical (unpaired) electrons. The molecule has 0 aromatic heterocycles. The highest BCUT2D eigenvalue weighted by atomic mass is 15.0. The van der Waals surface area contributed by atoms with Crippen LogP contribution in [0.25, 0.3) is 0 Å². The molecule has 2 rings (SSSR count). The topological polar surface area (TPSA) is 12.0 Å². The molecule has 0 unspecified atom stereocenters. The van der Waals surface area contributed by atoms with Crippen LogP contribution in [0.1, 0.15) is 58.3 Å². The van der Waals surface area contributed by atoms with Gasteiger partial charge in [0, 0.05) is 12.1 Å². The molecule has 1 N–H and O–H groups in total. The predicted molar refractivity (Wildman–Crippen MR) is 56.8 cm³/mol. The smallest absolute Gasteiger partial charge is 0.00722 e. The number of hydrogen-bond donors (Lipinski definition) is 1. The van der Waals surface area contributed by atoms with Crippen molar-refractivity contribution >= 4 is 0 Å². The molecule has 0 bridgehead atoms. The first kappa shape index (κ1) is 9.51. The summed E-state index contributed by atoms with van der Waals surface area (Å²) in [6.07, 6.45) is 11.6. The van der Waals surface area contributed by atoms with Gasteiger partial charge in [-0.25, -0.2) is 0 Å². The summed E-state index contributed by atoms with van der Waals surface area (Å²) in [6.45, 7) is 2.39. The fraction of sp³-hybridized carbons (Fsp3) is 1.00. The molecule has 0 spiro atoms. The molecule has 1 nitrogen and oxygen atoms in total. The van der Waals surface area contributed by atoms with Gasteiger partial charge in [0.05, 0.1) is 0 Å². The fourth-order valence-corrected chi connectivity index (χ4v) is 2.96. The molecular formula is C12H23N. The van der Waals surface area contributed by atoms with E-state index in [0.717, 1.165) is 18.0 Å². The molecule has 0 amide bonds. The van der Waals surface area contributed by atoms with Crippen molar-refractivity contribution in [2.45, 2.75) is 70.4 Å². The van der Waals surface area contributed by atoms with Gasteiger partial charge in [-0.15, -0.1) is 0 Å². The van der Waals surface area contributed by atoms with E-state index in [4.69, 9.17) is 0 Å². The Kier molecular flexibility index (Phi) is 3.26. The Morgan fingerprint density at radius 1 is 0.846 bits per heavy atom. The lowest BCUT2D eigenvalue weighted by molar-refractivity contribution is 0.334. The van der Waals surface area contributed by atoms with E-state index >= 15 is 0 Å². The highest BCUT2D eigenvalue weighted by molar-refractivity contribution is 4.83. The monoisotopic (exact) mass is 181 g/mol. The summed E-state index contributed by atoms with van der Waals surface area (Å²) in [5.41, 5.74) is 0. The third-order valence-corrected chi connectivity index (χ3v) is 3.77. The van der Waals surface area contributed by atoms with Gasteiger partial charge in [0.2, 0.25) is 0 Å². The average Bonchev–Trinajstić information content (AvgIpc) is 2.53. The lowest BCUT2D eigenvalue weighted by Crippen LogP contribution is -2.38. The van der Waals surface area contributed by atoms with E-state index < -0.39 is 0 Å². The standard InChI is InChI=1S/C12H23N/c1-10-7-8-12(9-10)13-11-5-3-2-4-6-11/h10-13H,2-9H2,1H3/t10-,12-/m1/s1. The van der Waals surface area contributed by atoms with Crippen LogP contribution in [0, 0.1) is 5.92 Å². The minimum atomic E-state index is 0.859. The van der Waals surface area contributed by atoms with Crippen molar-refractivity contribution in [3.63, 3.8) is 0 Å². The molecule has 2 fully saturated rings. The van der Waals surface area contributed by atoms with Crippen LogP contribution in [0.3, 0.4) is 0 Å². The van der Waals surface area contributed by atoms with E-state index in [-0.39, 0.29) is 0 Å². The molecule has 2 aliphatic carbocycles. The van der Waals surface area contributed by atoms with Crippen molar-refractivity contribution in [3.8, 4) is 0 Å². The van der Waals surface area contributed by atoms with E-state index in [9.17, 15) is 0 Å². The second-order valence-electron chi connectivity index (χ2n) is 5.12. The van der Waals surface area contributed by atoms with Crippen LogP contribution in [-0.4, -0.2) is 12.1 Å². The maximum atomic E-state index is 3.85. The summed E-state index contributed by atoms with van der Waals surface area (Å²) in [6, 6.07) is 1.72. The van der Waals surface area contributed by atoms with Crippen LogP contribution in [-0.2, 0) is 0 Å². The van der Waals surface area contributed by atoms with Crippen LogP contribution >= 0.6 is 0 Å². The first-order valence-electron chi connectivity index (χ1n) is 6.10. The highest BCUT2D eigenvalue weighted by Gasteiger charge is 2.24. The average molecular weight is 181 g/mol. The van der Waals surface area contributed by atoms with Gasteiger partial charge in [0.25, 0.3) is 0 Å². The first-order valence-corrected chi connectivity index (χ1v) is 6.10. The maximum absolute atomic E-state index is 3.85. The lowest BCUT2D eigenvalue weighted by Gasteiger charge is -2.26. The quantitative estimate of drug-likeness (QED) is 0.690. The van der Waals surface area contributed by atoms with Crippen LogP contribution in [0.4, 0.5) is 0 Å². The van der Waals surface area contributed by atoms with Crippen LogP contribution in [0.2, 0.25) is 0 Å². The van der Waals surface area contributed by atoms with Gasteiger partial charge >= 0.3 is 0 Å². The van der Waals surface area contributed by atoms with Crippen molar-refractivity contribution in [3.05, 3.63) is 0 Å². The molecule has 0 aliphatic heterocycles. The van der Waals surface area contributed by atoms with E-state index in [0.29, 0.717) is 0 Å². The van der Waals surface area contributed by atoms with E-state index in [2.05, 4.69) is 12.2 Å². The summed E-state index contributed by atoms with van der Waals surface area (Å²) in [5, 5.41) is 3.85. The highest BCUT2D eigenvalue weighted by Crippen LogP contribution is 2.27. The molecular weight excluding hydrogens is 158 g/mol. The maximum Gasteiger partial charge on any atom is 0.00722 e. The zero-order chi connectivity index (χ0) is 9.10. The van der Waals surface area contributed by atoms with Crippen molar-refractivity contribution < 1.29 is 0 Å². The minimum absolute atomic E-state index is 0.859. The normalized spacial score (nSPS) is 36.7. The van der Waals surface area contributed by atoms with Gasteiger partial charge in [-0.2, -0.15) is 0 Å². The lowest BCUT2D eigenvalue weighted by atomic mass is 9.94. The Bertz CT molecular complexity index is 146. The Morgan fingerprint density at radius 3 is 2.23 bits per heavy atom. The fourth-order valence-electron chi connectivity index (χ4n) is 2.96. The third kappa shape index (κ3) is 2.70. The SMILES string of the molecule is C[C@@H]1CC[C@@H](NC2CCCCC2)C1. The van der Waals surface area contributed by atoms with Crippen molar-refractivity contribution in [1.82, 2.24) is 5.32 Å². The summed E-state index contributed by atoms with van der Waals surface area (Å²) < 4.78 is 0. The second-order valence-corrected chi connectivity index (χ2v) is 5.12.